The zero-order chi connectivity index (χ0) is 18.9. The SMILES string of the molecule is COc1cc(CCC(C)(C)N2Cc3ccc([SH+](C)=O)cc3C2)ccc1O. The quantitative estimate of drug-likeness (QED) is 0.617. The second kappa shape index (κ2) is 7.41. The molecular formula is C21H28NO3S+. The van der Waals surface area contributed by atoms with Crippen molar-refractivity contribution in [2.75, 3.05) is 13.4 Å². The Bertz CT molecular complexity index is 832. The monoisotopic (exact) mass is 374 g/mol. The van der Waals surface area contributed by atoms with E-state index in [4.69, 9.17) is 4.74 Å². The Morgan fingerprint density at radius 3 is 2.58 bits per heavy atom. The van der Waals surface area contributed by atoms with Crippen LogP contribution in [0, 0.1) is 0 Å². The summed E-state index contributed by atoms with van der Waals surface area (Å²) >= 11 is 0. The van der Waals surface area contributed by atoms with Crippen LogP contribution in [0.5, 0.6) is 11.5 Å². The maximum Gasteiger partial charge on any atom is 0.160 e. The molecule has 0 bridgehead atoms. The van der Waals surface area contributed by atoms with Crippen LogP contribution in [0.15, 0.2) is 41.3 Å². The summed E-state index contributed by atoms with van der Waals surface area (Å²) in [6.07, 6.45) is 3.69. The van der Waals surface area contributed by atoms with Gasteiger partial charge >= 0.3 is 0 Å². The topological polar surface area (TPSA) is 49.8 Å². The fraction of sp³-hybridized carbons (Fsp3) is 0.429. The summed E-state index contributed by atoms with van der Waals surface area (Å²) in [6.45, 7) is 6.38. The average Bonchev–Trinajstić information content (AvgIpc) is 3.05. The van der Waals surface area contributed by atoms with Gasteiger partial charge in [-0.25, -0.2) is 0 Å². The first-order valence-corrected chi connectivity index (χ1v) is 10.6. The molecule has 2 aromatic rings. The molecule has 0 saturated heterocycles. The van der Waals surface area contributed by atoms with Crippen LogP contribution in [0.2, 0.25) is 0 Å². The highest BCUT2D eigenvalue weighted by atomic mass is 32.2. The molecule has 0 radical (unpaired) electrons. The van der Waals surface area contributed by atoms with Crippen LogP contribution in [0.4, 0.5) is 0 Å². The Labute approximate surface area is 158 Å². The second-order valence-corrected chi connectivity index (χ2v) is 9.14. The minimum absolute atomic E-state index is 0.0404. The molecule has 0 fully saturated rings. The van der Waals surface area contributed by atoms with Crippen molar-refractivity contribution in [2.24, 2.45) is 0 Å². The van der Waals surface area contributed by atoms with Crippen molar-refractivity contribution in [1.82, 2.24) is 4.90 Å². The summed E-state index contributed by atoms with van der Waals surface area (Å²) in [5.41, 5.74) is 3.84. The van der Waals surface area contributed by atoms with Crippen molar-refractivity contribution >= 4 is 10.8 Å². The molecule has 0 aromatic heterocycles. The molecule has 1 atom stereocenters. The summed E-state index contributed by atoms with van der Waals surface area (Å²) in [4.78, 5) is 3.43. The molecule has 4 nitrogen and oxygen atoms in total. The molecule has 3 rings (SSSR count). The van der Waals surface area contributed by atoms with E-state index in [9.17, 15) is 9.32 Å². The number of phenolic OH excluding ortho intramolecular Hbond substituents is 1. The van der Waals surface area contributed by atoms with Gasteiger partial charge in [0.15, 0.2) is 16.4 Å². The zero-order valence-corrected chi connectivity index (χ0v) is 16.8. The van der Waals surface area contributed by atoms with Crippen molar-refractivity contribution in [3.63, 3.8) is 0 Å². The van der Waals surface area contributed by atoms with Gasteiger partial charge in [0.05, 0.1) is 7.11 Å². The van der Waals surface area contributed by atoms with E-state index in [1.165, 1.54) is 11.1 Å². The molecule has 1 unspecified atom stereocenters. The number of aryl methyl sites for hydroxylation is 1. The molecule has 1 aliphatic rings. The molecule has 0 saturated carbocycles. The lowest BCUT2D eigenvalue weighted by Gasteiger charge is -2.35. The van der Waals surface area contributed by atoms with Gasteiger partial charge < -0.3 is 9.84 Å². The number of fused-ring (bicyclic) bond motifs is 1. The lowest BCUT2D eigenvalue weighted by atomic mass is 9.93. The first-order chi connectivity index (χ1) is 12.3. The number of nitrogens with zero attached hydrogens (tertiary/aromatic N) is 1. The molecular weight excluding hydrogens is 346 g/mol. The largest absolute Gasteiger partial charge is 0.504 e. The number of phenols is 1. The van der Waals surface area contributed by atoms with Gasteiger partial charge in [-0.2, -0.15) is 0 Å². The number of thiol groups is 1. The van der Waals surface area contributed by atoms with Crippen LogP contribution >= 0.6 is 0 Å². The number of ether oxygens (including phenoxy) is 1. The Kier molecular flexibility index (Phi) is 5.39. The molecule has 1 aliphatic heterocycles. The van der Waals surface area contributed by atoms with Gasteiger partial charge in [0.25, 0.3) is 0 Å². The van der Waals surface area contributed by atoms with E-state index >= 15 is 0 Å². The average molecular weight is 375 g/mol. The smallest absolute Gasteiger partial charge is 0.160 e. The van der Waals surface area contributed by atoms with Gasteiger partial charge in [-0.1, -0.05) is 12.1 Å². The summed E-state index contributed by atoms with van der Waals surface area (Å²) in [7, 11) is 0.282. The van der Waals surface area contributed by atoms with Gasteiger partial charge in [0, 0.05) is 18.6 Å². The normalized spacial score (nSPS) is 15.7. The van der Waals surface area contributed by atoms with Gasteiger partial charge in [-0.05, 0) is 67.6 Å². The third-order valence-electron chi connectivity index (χ3n) is 5.40. The van der Waals surface area contributed by atoms with Crippen molar-refractivity contribution in [1.29, 1.82) is 0 Å². The standard InChI is InChI=1S/C21H27NO3S/c1-21(2,10-9-15-5-8-19(23)20(11-15)25-3)22-13-16-6-7-18(26(4)24)12-17(16)14-22/h5-8,11-12,23H,9-10,13-14H2,1-4H3/p+1. The highest BCUT2D eigenvalue weighted by Gasteiger charge is 2.32. The molecule has 26 heavy (non-hydrogen) atoms. The highest BCUT2D eigenvalue weighted by molar-refractivity contribution is 7.84. The number of rotatable bonds is 6. The van der Waals surface area contributed by atoms with E-state index in [-0.39, 0.29) is 11.3 Å². The fourth-order valence-electron chi connectivity index (χ4n) is 3.49. The highest BCUT2D eigenvalue weighted by Crippen LogP contribution is 2.34. The lowest BCUT2D eigenvalue weighted by molar-refractivity contribution is 0.109. The molecule has 0 spiro atoms. The predicted molar refractivity (Wildman–Crippen MR) is 106 cm³/mol. The number of benzene rings is 2. The molecule has 0 aliphatic carbocycles. The Morgan fingerprint density at radius 1 is 1.15 bits per heavy atom. The van der Waals surface area contributed by atoms with Gasteiger partial charge in [-0.15, -0.1) is 4.21 Å². The van der Waals surface area contributed by atoms with E-state index < -0.39 is 10.8 Å². The number of aromatic hydroxyl groups is 1. The fourth-order valence-corrected chi connectivity index (χ4v) is 4.11. The van der Waals surface area contributed by atoms with Gasteiger partial charge in [-0.3, -0.25) is 4.90 Å². The van der Waals surface area contributed by atoms with Crippen molar-refractivity contribution in [3.8, 4) is 11.5 Å². The molecule has 140 valence electrons. The lowest BCUT2D eigenvalue weighted by Crippen LogP contribution is -2.40. The third kappa shape index (κ3) is 3.94. The summed E-state index contributed by atoms with van der Waals surface area (Å²) in [5, 5.41) is 9.74. The Balaban J connectivity index is 1.68. The van der Waals surface area contributed by atoms with Crippen LogP contribution in [-0.4, -0.2) is 28.9 Å². The molecule has 1 N–H and O–H groups in total. The first-order valence-electron chi connectivity index (χ1n) is 8.94. The number of methoxy groups -OCH3 is 1. The van der Waals surface area contributed by atoms with E-state index in [1.54, 1.807) is 19.4 Å². The maximum absolute atomic E-state index is 11.8. The van der Waals surface area contributed by atoms with Crippen LogP contribution < -0.4 is 4.74 Å². The molecule has 0 amide bonds. The predicted octanol–water partition coefficient (Wildman–Crippen LogP) is 3.81. The van der Waals surface area contributed by atoms with E-state index in [2.05, 4.69) is 30.9 Å². The molecule has 1 heterocycles. The van der Waals surface area contributed by atoms with Crippen molar-refractivity contribution in [3.05, 3.63) is 53.1 Å². The Hall–Kier alpha value is -1.85. The van der Waals surface area contributed by atoms with E-state index in [1.807, 2.05) is 18.2 Å². The van der Waals surface area contributed by atoms with Crippen LogP contribution in [-0.2, 0) is 34.5 Å². The number of hydrogen-bond donors (Lipinski definition) is 1. The van der Waals surface area contributed by atoms with E-state index in [0.29, 0.717) is 5.75 Å². The van der Waals surface area contributed by atoms with Crippen molar-refractivity contribution in [2.45, 2.75) is 50.2 Å². The van der Waals surface area contributed by atoms with Crippen LogP contribution in [0.1, 0.15) is 37.0 Å². The van der Waals surface area contributed by atoms with Crippen molar-refractivity contribution < 1.29 is 14.1 Å². The summed E-state index contributed by atoms with van der Waals surface area (Å²) < 4.78 is 17.0. The Morgan fingerprint density at radius 2 is 1.88 bits per heavy atom. The minimum atomic E-state index is -1.29. The summed E-state index contributed by atoms with van der Waals surface area (Å²) in [6, 6.07) is 11.8. The first kappa shape index (κ1) is 18.9. The van der Waals surface area contributed by atoms with Gasteiger partial charge in [0.2, 0.25) is 0 Å². The molecule has 2 aromatic carbocycles. The zero-order valence-electron chi connectivity index (χ0n) is 16.0. The molecule has 5 heteroatoms. The minimum Gasteiger partial charge on any atom is -0.504 e. The second-order valence-electron chi connectivity index (χ2n) is 7.63. The van der Waals surface area contributed by atoms with Crippen LogP contribution in [0.3, 0.4) is 0 Å². The van der Waals surface area contributed by atoms with Crippen LogP contribution in [0.25, 0.3) is 0 Å². The van der Waals surface area contributed by atoms with E-state index in [0.717, 1.165) is 36.4 Å². The third-order valence-corrected chi connectivity index (χ3v) is 6.41. The number of hydrogen-bond acceptors (Lipinski definition) is 4. The van der Waals surface area contributed by atoms with Gasteiger partial charge in [0.1, 0.15) is 17.1 Å². The summed E-state index contributed by atoms with van der Waals surface area (Å²) in [5.74, 6) is 0.700. The maximum atomic E-state index is 11.8.